The molecule has 0 heterocycles. The van der Waals surface area contributed by atoms with Gasteiger partial charge in [0.05, 0.1) is 20.4 Å². The highest BCUT2D eigenvalue weighted by molar-refractivity contribution is 14.1. The molecule has 0 unspecified atom stereocenters. The van der Waals surface area contributed by atoms with Crippen molar-refractivity contribution in [1.29, 1.82) is 0 Å². The number of methoxy groups -OCH3 is 2. The largest absolute Gasteiger partial charge is 0.497 e. The van der Waals surface area contributed by atoms with Crippen molar-refractivity contribution in [1.82, 2.24) is 5.43 Å². The van der Waals surface area contributed by atoms with E-state index in [4.69, 9.17) is 9.47 Å². The van der Waals surface area contributed by atoms with Crippen LogP contribution in [0.4, 0.5) is 0 Å². The van der Waals surface area contributed by atoms with Crippen LogP contribution in [0.5, 0.6) is 11.5 Å². The van der Waals surface area contributed by atoms with Crippen molar-refractivity contribution in [2.75, 3.05) is 14.2 Å². The number of nitrogens with zero attached hydrogens (tertiary/aromatic N) is 1. The van der Waals surface area contributed by atoms with Crippen molar-refractivity contribution in [3.63, 3.8) is 0 Å². The van der Waals surface area contributed by atoms with E-state index in [1.54, 1.807) is 32.6 Å². The Morgan fingerprint density at radius 2 is 1.88 bits per heavy atom. The van der Waals surface area contributed by atoms with Crippen LogP contribution in [0, 0.1) is 3.57 Å². The molecule has 0 radical (unpaired) electrons. The van der Waals surface area contributed by atoms with E-state index >= 15 is 0 Å². The highest BCUT2D eigenvalue weighted by Gasteiger charge is 2.09. The highest BCUT2D eigenvalue weighted by atomic mass is 127. The van der Waals surface area contributed by atoms with E-state index in [2.05, 4.69) is 33.1 Å². The number of fused-ring (bicyclic) bond motifs is 1. The van der Waals surface area contributed by atoms with E-state index in [9.17, 15) is 4.79 Å². The van der Waals surface area contributed by atoms with Gasteiger partial charge in [0, 0.05) is 14.7 Å². The number of hydrogen-bond donors (Lipinski definition) is 1. The lowest BCUT2D eigenvalue weighted by atomic mass is 10.0. The van der Waals surface area contributed by atoms with Crippen LogP contribution >= 0.6 is 22.6 Å². The van der Waals surface area contributed by atoms with Gasteiger partial charge in [0.15, 0.2) is 0 Å². The molecule has 0 spiro atoms. The number of rotatable bonds is 5. The molecule has 6 heteroatoms. The van der Waals surface area contributed by atoms with Gasteiger partial charge in [-0.1, -0.05) is 18.2 Å². The summed E-state index contributed by atoms with van der Waals surface area (Å²) in [5.41, 5.74) is 3.89. The Hall–Kier alpha value is -2.61. The summed E-state index contributed by atoms with van der Waals surface area (Å²) < 4.78 is 11.7. The lowest BCUT2D eigenvalue weighted by Gasteiger charge is -2.10. The molecule has 26 heavy (non-hydrogen) atoms. The molecule has 0 bridgehead atoms. The van der Waals surface area contributed by atoms with Gasteiger partial charge in [0.25, 0.3) is 5.91 Å². The van der Waals surface area contributed by atoms with Crippen molar-refractivity contribution >= 4 is 45.5 Å². The van der Waals surface area contributed by atoms with E-state index in [0.29, 0.717) is 11.3 Å². The van der Waals surface area contributed by atoms with Gasteiger partial charge in [-0.25, -0.2) is 5.43 Å². The predicted octanol–water partition coefficient (Wildman–Crippen LogP) is 4.23. The second-order valence-electron chi connectivity index (χ2n) is 5.48. The van der Waals surface area contributed by atoms with Crippen LogP contribution in [-0.2, 0) is 0 Å². The summed E-state index contributed by atoms with van der Waals surface area (Å²) in [4.78, 5) is 12.2. The lowest BCUT2D eigenvalue weighted by Crippen LogP contribution is -2.17. The zero-order valence-corrected chi connectivity index (χ0v) is 16.5. The molecular formula is C20H17IN2O3. The fraction of sp³-hybridized carbons (Fsp3) is 0.100. The minimum atomic E-state index is -0.267. The van der Waals surface area contributed by atoms with Crippen LogP contribution in [0.15, 0.2) is 59.7 Å². The van der Waals surface area contributed by atoms with Crippen LogP contribution in [0.2, 0.25) is 0 Å². The van der Waals surface area contributed by atoms with Crippen LogP contribution in [0.25, 0.3) is 10.8 Å². The third kappa shape index (κ3) is 3.96. The Balaban J connectivity index is 1.91. The first-order valence-corrected chi connectivity index (χ1v) is 8.94. The summed E-state index contributed by atoms with van der Waals surface area (Å²) in [5.74, 6) is 1.14. The standard InChI is InChI=1S/C20H17IN2O3/c1-25-16-8-6-13-7-9-19(26-2)18(17(13)11-16)12-22-23-20(24)14-4-3-5-15(21)10-14/h3-12H,1-2H3,(H,23,24)/b22-12-. The van der Waals surface area contributed by atoms with E-state index < -0.39 is 0 Å². The number of nitrogens with one attached hydrogen (secondary N) is 1. The summed E-state index contributed by atoms with van der Waals surface area (Å²) in [7, 11) is 3.22. The molecule has 0 atom stereocenters. The van der Waals surface area contributed by atoms with Gasteiger partial charge in [0.2, 0.25) is 0 Å². The summed E-state index contributed by atoms with van der Waals surface area (Å²) in [6.07, 6.45) is 1.59. The number of amides is 1. The first kappa shape index (κ1) is 18.2. The molecule has 0 fully saturated rings. The average Bonchev–Trinajstić information content (AvgIpc) is 2.67. The highest BCUT2D eigenvalue weighted by Crippen LogP contribution is 2.29. The normalized spacial score (nSPS) is 10.9. The summed E-state index contributed by atoms with van der Waals surface area (Å²) in [6, 6.07) is 16.9. The topological polar surface area (TPSA) is 59.9 Å². The fourth-order valence-corrected chi connectivity index (χ4v) is 3.13. The third-order valence-corrected chi connectivity index (χ3v) is 4.57. The Morgan fingerprint density at radius 3 is 2.62 bits per heavy atom. The molecule has 3 rings (SSSR count). The van der Waals surface area contributed by atoms with Gasteiger partial charge in [-0.2, -0.15) is 5.10 Å². The van der Waals surface area contributed by atoms with Gasteiger partial charge in [-0.3, -0.25) is 4.79 Å². The summed E-state index contributed by atoms with van der Waals surface area (Å²) >= 11 is 2.16. The average molecular weight is 460 g/mol. The Labute approximate surface area is 165 Å². The summed E-state index contributed by atoms with van der Waals surface area (Å²) in [5, 5.41) is 6.07. The minimum absolute atomic E-state index is 0.267. The number of carbonyl (C=O) groups excluding carboxylic acids is 1. The van der Waals surface area contributed by atoms with Gasteiger partial charge in [-0.15, -0.1) is 0 Å². The molecular weight excluding hydrogens is 443 g/mol. The Morgan fingerprint density at radius 1 is 1.08 bits per heavy atom. The second-order valence-corrected chi connectivity index (χ2v) is 6.72. The first-order chi connectivity index (χ1) is 12.6. The molecule has 1 amide bonds. The number of hydrogen-bond acceptors (Lipinski definition) is 4. The molecule has 0 aliphatic heterocycles. The number of ether oxygens (including phenoxy) is 2. The van der Waals surface area contributed by atoms with Gasteiger partial charge >= 0.3 is 0 Å². The van der Waals surface area contributed by atoms with E-state index in [-0.39, 0.29) is 5.91 Å². The lowest BCUT2D eigenvalue weighted by molar-refractivity contribution is 0.0955. The maximum Gasteiger partial charge on any atom is 0.271 e. The molecule has 1 N–H and O–H groups in total. The SMILES string of the molecule is COc1ccc2ccc(OC)c(/C=N\NC(=O)c3cccc(I)c3)c2c1. The van der Waals surface area contributed by atoms with Crippen LogP contribution in [0.1, 0.15) is 15.9 Å². The molecule has 3 aromatic rings. The Bertz CT molecular complexity index is 981. The maximum atomic E-state index is 12.2. The quantitative estimate of drug-likeness (QED) is 0.353. The smallest absolute Gasteiger partial charge is 0.271 e. The molecule has 0 saturated carbocycles. The first-order valence-electron chi connectivity index (χ1n) is 7.86. The third-order valence-electron chi connectivity index (χ3n) is 3.90. The van der Waals surface area contributed by atoms with Crippen molar-refractivity contribution in [2.45, 2.75) is 0 Å². The van der Waals surface area contributed by atoms with Crippen LogP contribution in [-0.4, -0.2) is 26.3 Å². The second kappa shape index (κ2) is 8.18. The number of hydrazone groups is 1. The van der Waals surface area contributed by atoms with Gasteiger partial charge in [0.1, 0.15) is 11.5 Å². The van der Waals surface area contributed by atoms with Crippen LogP contribution < -0.4 is 14.9 Å². The fourth-order valence-electron chi connectivity index (χ4n) is 2.59. The molecule has 0 aliphatic rings. The van der Waals surface area contributed by atoms with Crippen molar-refractivity contribution < 1.29 is 14.3 Å². The molecule has 0 saturated heterocycles. The van der Waals surface area contributed by atoms with E-state index in [1.165, 1.54) is 0 Å². The van der Waals surface area contributed by atoms with Crippen LogP contribution in [0.3, 0.4) is 0 Å². The Kier molecular flexibility index (Phi) is 5.72. The van der Waals surface area contributed by atoms with Crippen molar-refractivity contribution in [3.05, 3.63) is 69.3 Å². The zero-order chi connectivity index (χ0) is 18.5. The van der Waals surface area contributed by atoms with E-state index in [0.717, 1.165) is 25.7 Å². The monoisotopic (exact) mass is 460 g/mol. The zero-order valence-electron chi connectivity index (χ0n) is 14.3. The van der Waals surface area contributed by atoms with E-state index in [1.807, 2.05) is 42.5 Å². The van der Waals surface area contributed by atoms with Crippen molar-refractivity contribution in [3.8, 4) is 11.5 Å². The number of carbonyl (C=O) groups is 1. The molecule has 3 aromatic carbocycles. The molecule has 0 aliphatic carbocycles. The number of benzene rings is 3. The molecule has 0 aromatic heterocycles. The summed E-state index contributed by atoms with van der Waals surface area (Å²) in [6.45, 7) is 0. The number of halogens is 1. The van der Waals surface area contributed by atoms with Gasteiger partial charge < -0.3 is 9.47 Å². The maximum absolute atomic E-state index is 12.2. The minimum Gasteiger partial charge on any atom is -0.497 e. The molecule has 5 nitrogen and oxygen atoms in total. The predicted molar refractivity (Wildman–Crippen MR) is 111 cm³/mol. The molecule has 132 valence electrons. The van der Waals surface area contributed by atoms with Crippen molar-refractivity contribution in [2.24, 2.45) is 5.10 Å². The van der Waals surface area contributed by atoms with Gasteiger partial charge in [-0.05, 0) is 69.8 Å².